The van der Waals surface area contributed by atoms with E-state index in [0.29, 0.717) is 97.0 Å². The largest absolute Gasteiger partial charge is 0.481 e. The van der Waals surface area contributed by atoms with Crippen LogP contribution in [0.5, 0.6) is 5.88 Å². The zero-order chi connectivity index (χ0) is 77.1. The van der Waals surface area contributed by atoms with Gasteiger partial charge in [-0.05, 0) is 130 Å². The first-order valence-electron chi connectivity index (χ1n) is 32.3. The molecule has 0 spiro atoms. The Balaban J connectivity index is 0.000000174. The number of fused-ring (bicyclic) bond motifs is 3. The molecule has 14 rings (SSSR count). The van der Waals surface area contributed by atoms with Gasteiger partial charge in [0.1, 0.15) is 32.1 Å². The van der Waals surface area contributed by atoms with Gasteiger partial charge >= 0.3 is 35.5 Å². The van der Waals surface area contributed by atoms with Gasteiger partial charge in [0, 0.05) is 110 Å². The maximum Gasteiger partial charge on any atom is 0.373 e. The molecule has 0 aliphatic carbocycles. The Kier molecular flexibility index (Phi) is 26.0. The van der Waals surface area contributed by atoms with Gasteiger partial charge in [-0.2, -0.15) is 51.8 Å². The van der Waals surface area contributed by atoms with Crippen LogP contribution >= 0.6 is 23.2 Å². The predicted octanol–water partition coefficient (Wildman–Crippen LogP) is 5.60. The number of rotatable bonds is 12. The molecule has 40 heteroatoms. The molecule has 0 radical (unpaired) electrons. The predicted molar refractivity (Wildman–Crippen MR) is 372 cm³/mol. The molecule has 7 aromatic heterocycles. The number of halogens is 5. The normalized spacial score (nSPS) is 15.8. The average molecular weight is 1570 g/mol. The number of carbonyl (C=O) groups excluding carboxylic acids is 6. The zero-order valence-electron chi connectivity index (χ0n) is 57.2. The SMILES string of the molecule is COc1ccc2c(n1)n(C1CCN(S(=O)(=O)c3ccc(C)cc3F)CC1)c(=O)n2C.Cn1c(=O)n(C2CCN(S(=O)(=O)c3ccc(F)cc3Cl)CC2)c2nc(-n3cccn3)ccc21.Cn1c(=O)n(C2CCN(S(=O)(=O)c3ccc(F)cc3Cl)CC2)c2ncc(N3CCOCC3)cc21.O=C=O.O=C=O.O=C=O. The van der Waals surface area contributed by atoms with Crippen LogP contribution in [0.4, 0.5) is 18.9 Å². The second-order valence-corrected chi connectivity index (χ2v) is 30.7. The highest BCUT2D eigenvalue weighted by Crippen LogP contribution is 2.35. The number of benzene rings is 3. The molecule has 106 heavy (non-hydrogen) atoms. The lowest BCUT2D eigenvalue weighted by atomic mass is 10.1. The van der Waals surface area contributed by atoms with E-state index in [0.717, 1.165) is 48.6 Å². The van der Waals surface area contributed by atoms with Gasteiger partial charge in [0.25, 0.3) is 0 Å². The van der Waals surface area contributed by atoms with Gasteiger partial charge in [0.2, 0.25) is 35.9 Å². The monoisotopic (exact) mass is 1570 g/mol. The molecule has 562 valence electrons. The van der Waals surface area contributed by atoms with Gasteiger partial charge in [0.05, 0.1) is 58.8 Å². The van der Waals surface area contributed by atoms with Crippen LogP contribution in [0.3, 0.4) is 0 Å². The lowest BCUT2D eigenvalue weighted by molar-refractivity contribution is -0.193. The van der Waals surface area contributed by atoms with Crippen molar-refractivity contribution in [2.45, 2.75) is 78.3 Å². The first kappa shape index (κ1) is 80.0. The number of aromatic nitrogens is 11. The fourth-order valence-electron chi connectivity index (χ4n) is 12.9. The number of imidazole rings is 3. The van der Waals surface area contributed by atoms with Crippen LogP contribution in [-0.4, -0.2) is 181 Å². The molecule has 0 unspecified atom stereocenters. The highest BCUT2D eigenvalue weighted by atomic mass is 35.5. The van der Waals surface area contributed by atoms with Gasteiger partial charge in [-0.25, -0.2) is 67.5 Å². The number of methoxy groups -OCH3 is 1. The summed E-state index contributed by atoms with van der Waals surface area (Å²) in [5.41, 5.74) is 4.73. The number of morpholine rings is 1. The number of hydrogen-bond acceptors (Lipinski definition) is 22. The second kappa shape index (κ2) is 34.4. The van der Waals surface area contributed by atoms with Gasteiger partial charge in [-0.15, -0.1) is 0 Å². The molecule has 0 bridgehead atoms. The molecule has 0 saturated carbocycles. The van der Waals surface area contributed by atoms with E-state index in [1.54, 1.807) is 99.9 Å². The molecule has 4 aliphatic heterocycles. The Morgan fingerprint density at radius 3 is 1.36 bits per heavy atom. The Labute approximate surface area is 612 Å². The highest BCUT2D eigenvalue weighted by Gasteiger charge is 2.37. The fraction of sp³-hybridized carbons (Fsp3) is 0.364. The van der Waals surface area contributed by atoms with E-state index in [9.17, 15) is 52.8 Å². The molecule has 3 aromatic carbocycles. The Morgan fingerprint density at radius 2 is 0.934 bits per heavy atom. The summed E-state index contributed by atoms with van der Waals surface area (Å²) < 4.78 is 145. The number of nitrogens with zero attached hydrogens (tertiary/aromatic N) is 15. The minimum Gasteiger partial charge on any atom is -0.481 e. The van der Waals surface area contributed by atoms with Gasteiger partial charge < -0.3 is 14.4 Å². The van der Waals surface area contributed by atoms with E-state index in [4.69, 9.17) is 61.4 Å². The van der Waals surface area contributed by atoms with Crippen molar-refractivity contribution in [3.63, 3.8) is 0 Å². The van der Waals surface area contributed by atoms with Crippen LogP contribution < -0.4 is 26.7 Å². The van der Waals surface area contributed by atoms with Crippen molar-refractivity contribution in [3.8, 4) is 11.7 Å². The van der Waals surface area contributed by atoms with E-state index in [2.05, 4.69) is 25.0 Å². The van der Waals surface area contributed by atoms with E-state index < -0.39 is 47.5 Å². The lowest BCUT2D eigenvalue weighted by Crippen LogP contribution is -2.41. The number of piperidine rings is 3. The Morgan fingerprint density at radius 1 is 0.519 bits per heavy atom. The number of ether oxygens (including phenoxy) is 2. The molecule has 0 atom stereocenters. The van der Waals surface area contributed by atoms with Crippen LogP contribution in [0.1, 0.15) is 62.2 Å². The molecule has 10 aromatic rings. The van der Waals surface area contributed by atoms with Crippen LogP contribution in [-0.2, 0) is 84.7 Å². The third-order valence-corrected chi connectivity index (χ3v) is 24.9. The van der Waals surface area contributed by atoms with Crippen LogP contribution in [0.2, 0.25) is 10.0 Å². The third-order valence-electron chi connectivity index (χ3n) is 18.2. The quantitative estimate of drug-likeness (QED) is 0.144. The van der Waals surface area contributed by atoms with Crippen LogP contribution in [0, 0.1) is 24.4 Å². The number of sulfonamides is 3. The molecular weight excluding hydrogens is 1500 g/mol. The van der Waals surface area contributed by atoms with E-state index >= 15 is 0 Å². The zero-order valence-corrected chi connectivity index (χ0v) is 61.2. The first-order chi connectivity index (χ1) is 50.5. The van der Waals surface area contributed by atoms with Gasteiger partial charge in [0.15, 0.2) is 22.8 Å². The van der Waals surface area contributed by atoms with E-state index in [-0.39, 0.29) is 118 Å². The maximum absolute atomic E-state index is 14.3. The Hall–Kier alpha value is -10.1. The highest BCUT2D eigenvalue weighted by molar-refractivity contribution is 7.89. The van der Waals surface area contributed by atoms with Crippen molar-refractivity contribution >= 4 is 111 Å². The number of hydrogen-bond donors (Lipinski definition) is 0. The lowest BCUT2D eigenvalue weighted by Gasteiger charge is -2.32. The summed E-state index contributed by atoms with van der Waals surface area (Å²) in [6.45, 7) is 5.76. The Bertz CT molecular complexity index is 5500. The van der Waals surface area contributed by atoms with Crippen LogP contribution in [0.15, 0.2) is 139 Å². The van der Waals surface area contributed by atoms with Crippen molar-refractivity contribution in [2.75, 3.05) is 77.6 Å². The molecule has 0 amide bonds. The van der Waals surface area contributed by atoms with E-state index in [1.165, 1.54) is 53.4 Å². The van der Waals surface area contributed by atoms with Crippen molar-refractivity contribution in [3.05, 3.63) is 174 Å². The summed E-state index contributed by atoms with van der Waals surface area (Å²) in [4.78, 5) is 103. The fourth-order valence-corrected chi connectivity index (χ4v) is 18.4. The first-order valence-corrected chi connectivity index (χ1v) is 37.3. The second-order valence-electron chi connectivity index (χ2n) is 24.2. The van der Waals surface area contributed by atoms with Crippen molar-refractivity contribution in [2.24, 2.45) is 21.1 Å². The summed E-state index contributed by atoms with van der Waals surface area (Å²) in [7, 11) is -5.10. The molecule has 4 fully saturated rings. The summed E-state index contributed by atoms with van der Waals surface area (Å²) in [5, 5.41) is 3.89. The summed E-state index contributed by atoms with van der Waals surface area (Å²) in [6, 6.07) is 20.8. The number of aryl methyl sites for hydroxylation is 4. The van der Waals surface area contributed by atoms with Gasteiger partial charge in [-0.1, -0.05) is 29.3 Å². The number of anilines is 1. The molecule has 4 aliphatic rings. The topological polar surface area (TPSA) is 374 Å². The minimum absolute atomic E-state index is 0.117. The van der Waals surface area contributed by atoms with Crippen molar-refractivity contribution in [1.29, 1.82) is 0 Å². The molecule has 0 N–H and O–H groups in total. The standard InChI is InChI=1S/C22H25ClFN5O4S.C21H20ClFN6O3S.C20H23FN4O4S.3CO2/c1-26-19-13-17(27-8-10-33-11-9-27)14-25-21(19)29(22(26)30)16-4-6-28(7-5-16)34(31,32)20-3-2-15(24)12-18(20)23;1-26-17-4-6-19(28-10-2-9-24-28)25-20(17)29(21(26)30)15-7-11-27(12-8-15)33(31,32)18-5-3-14(23)13-16(18)22;1-13-4-6-17(15(21)12-13)30(27,28)24-10-8-14(9-11-24)25-19-16(23(2)20(25)26)5-7-18(22-19)29-3;3*2-1-3/h2-3,12-14,16H,4-11H2,1H3;2-6,9-10,13,15H,7-8,11-12H2,1H3;4-7,12,14H,8-11H2,1-3H3;;;. The third kappa shape index (κ3) is 16.9. The van der Waals surface area contributed by atoms with Crippen LogP contribution in [0.25, 0.3) is 39.3 Å². The average Bonchev–Trinajstić information content (AvgIpc) is 1.53. The van der Waals surface area contributed by atoms with Crippen molar-refractivity contribution < 1.29 is 76.7 Å². The minimum atomic E-state index is -3.94. The molecule has 11 heterocycles. The maximum atomic E-state index is 14.3. The molecule has 4 saturated heterocycles. The van der Waals surface area contributed by atoms with E-state index in [1.807, 2.05) is 12.1 Å². The van der Waals surface area contributed by atoms with Gasteiger partial charge in [-0.3, -0.25) is 27.4 Å². The smallest absolute Gasteiger partial charge is 0.373 e. The summed E-state index contributed by atoms with van der Waals surface area (Å²) in [5.74, 6) is -0.967. The van der Waals surface area contributed by atoms with Crippen molar-refractivity contribution in [1.82, 2.24) is 65.1 Å². The number of pyridine rings is 3. The molecular formula is C66H68Cl2F3N15O17S3. The molecule has 32 nitrogen and oxygen atoms in total. The summed E-state index contributed by atoms with van der Waals surface area (Å²) >= 11 is 12.0. The summed E-state index contributed by atoms with van der Waals surface area (Å²) in [6.07, 6.45) is 8.52.